The van der Waals surface area contributed by atoms with E-state index in [9.17, 15) is 5.26 Å². The number of rotatable bonds is 5. The first-order chi connectivity index (χ1) is 12.7. The summed E-state index contributed by atoms with van der Waals surface area (Å²) < 4.78 is 0. The van der Waals surface area contributed by atoms with Crippen molar-refractivity contribution in [1.82, 2.24) is 4.98 Å². The SMILES string of the molecule is C=C(N)N=C(/C(=C(/C)N)c1ccc(N)nc1)c1ccc(C(C)(C)C#N)cc1. The van der Waals surface area contributed by atoms with Gasteiger partial charge in [0.05, 0.1) is 17.2 Å². The largest absolute Gasteiger partial charge is 0.402 e. The van der Waals surface area contributed by atoms with Gasteiger partial charge in [-0.2, -0.15) is 5.26 Å². The van der Waals surface area contributed by atoms with Gasteiger partial charge in [-0.1, -0.05) is 30.8 Å². The van der Waals surface area contributed by atoms with Crippen molar-refractivity contribution in [2.75, 3.05) is 5.73 Å². The smallest absolute Gasteiger partial charge is 0.123 e. The van der Waals surface area contributed by atoms with Gasteiger partial charge in [0.1, 0.15) is 11.6 Å². The lowest BCUT2D eigenvalue weighted by Gasteiger charge is -2.18. The second-order valence-electron chi connectivity index (χ2n) is 6.80. The Morgan fingerprint density at radius 2 is 1.70 bits per heavy atom. The fraction of sp³-hybridized carbons (Fsp3) is 0.190. The van der Waals surface area contributed by atoms with Crippen molar-refractivity contribution >= 4 is 17.1 Å². The number of nitriles is 1. The number of aliphatic imine (C=N–C) groups is 1. The van der Waals surface area contributed by atoms with E-state index in [2.05, 4.69) is 22.6 Å². The molecule has 0 bridgehead atoms. The van der Waals surface area contributed by atoms with Gasteiger partial charge in [0.25, 0.3) is 0 Å². The molecule has 0 atom stereocenters. The lowest BCUT2D eigenvalue weighted by Crippen LogP contribution is -2.15. The van der Waals surface area contributed by atoms with Crippen LogP contribution in [0.5, 0.6) is 0 Å². The molecule has 0 aliphatic rings. The van der Waals surface area contributed by atoms with Crippen LogP contribution in [-0.2, 0) is 5.41 Å². The van der Waals surface area contributed by atoms with Crippen molar-refractivity contribution in [2.24, 2.45) is 16.5 Å². The lowest BCUT2D eigenvalue weighted by molar-refractivity contribution is 0.687. The normalized spacial score (nSPS) is 12.9. The van der Waals surface area contributed by atoms with Crippen LogP contribution in [0, 0.1) is 11.3 Å². The Morgan fingerprint density at radius 3 is 2.15 bits per heavy atom. The maximum Gasteiger partial charge on any atom is 0.123 e. The van der Waals surface area contributed by atoms with Crippen LogP contribution >= 0.6 is 0 Å². The fourth-order valence-corrected chi connectivity index (χ4v) is 2.62. The van der Waals surface area contributed by atoms with Crippen LogP contribution in [0.2, 0.25) is 0 Å². The van der Waals surface area contributed by atoms with Gasteiger partial charge in [0, 0.05) is 28.6 Å². The van der Waals surface area contributed by atoms with E-state index in [1.165, 1.54) is 0 Å². The second-order valence-corrected chi connectivity index (χ2v) is 6.80. The van der Waals surface area contributed by atoms with Gasteiger partial charge in [0.2, 0.25) is 0 Å². The molecule has 138 valence electrons. The average molecular weight is 360 g/mol. The molecule has 0 fully saturated rings. The first kappa shape index (κ1) is 19.7. The highest BCUT2D eigenvalue weighted by atomic mass is 14.9. The Hall–Kier alpha value is -3.59. The molecule has 6 heteroatoms. The Labute approximate surface area is 159 Å². The minimum atomic E-state index is -0.587. The number of hydrogen-bond donors (Lipinski definition) is 3. The molecule has 27 heavy (non-hydrogen) atoms. The van der Waals surface area contributed by atoms with E-state index in [4.69, 9.17) is 17.2 Å². The molecule has 0 unspecified atom stereocenters. The molecule has 1 aromatic heterocycles. The maximum atomic E-state index is 9.33. The van der Waals surface area contributed by atoms with E-state index >= 15 is 0 Å². The van der Waals surface area contributed by atoms with E-state index in [1.807, 2.05) is 44.2 Å². The minimum Gasteiger partial charge on any atom is -0.402 e. The number of allylic oxidation sites excluding steroid dienone is 2. The summed E-state index contributed by atoms with van der Waals surface area (Å²) in [5.41, 5.74) is 21.4. The standard InChI is InChI=1S/C21H24N6/c1-13(23)19(16-7-10-18(25)26-11-16)20(27-14(2)24)15-5-8-17(9-6-15)21(3,4)12-22/h5-11H,2,23-24H2,1,3-4H3,(H2,25,26)/b19-13-,27-20?. The number of nitrogen functional groups attached to an aromatic ring is 1. The van der Waals surface area contributed by atoms with E-state index in [-0.39, 0.29) is 5.82 Å². The number of hydrogen-bond acceptors (Lipinski definition) is 6. The fourth-order valence-electron chi connectivity index (χ4n) is 2.62. The molecule has 0 saturated heterocycles. The zero-order valence-corrected chi connectivity index (χ0v) is 15.8. The van der Waals surface area contributed by atoms with Crippen LogP contribution < -0.4 is 17.2 Å². The minimum absolute atomic E-state index is 0.161. The molecule has 0 saturated carbocycles. The summed E-state index contributed by atoms with van der Waals surface area (Å²) in [6.45, 7) is 9.21. The number of nitrogens with two attached hydrogens (primary N) is 3. The van der Waals surface area contributed by atoms with Crippen molar-refractivity contribution in [3.63, 3.8) is 0 Å². The lowest BCUT2D eigenvalue weighted by atomic mass is 9.85. The molecule has 0 aliphatic heterocycles. The molecular formula is C21H24N6. The molecule has 1 aromatic carbocycles. The van der Waals surface area contributed by atoms with Crippen molar-refractivity contribution in [2.45, 2.75) is 26.2 Å². The third-order valence-electron chi connectivity index (χ3n) is 4.12. The molecule has 0 amide bonds. The van der Waals surface area contributed by atoms with E-state index in [1.54, 1.807) is 19.2 Å². The first-order valence-corrected chi connectivity index (χ1v) is 8.39. The first-order valence-electron chi connectivity index (χ1n) is 8.39. The van der Waals surface area contributed by atoms with Gasteiger partial charge in [-0.15, -0.1) is 0 Å². The van der Waals surface area contributed by atoms with Crippen LogP contribution in [-0.4, -0.2) is 10.7 Å². The Morgan fingerprint density at radius 1 is 1.11 bits per heavy atom. The zero-order chi connectivity index (χ0) is 20.2. The third-order valence-corrected chi connectivity index (χ3v) is 4.12. The van der Waals surface area contributed by atoms with Crippen LogP contribution in [0.15, 0.2) is 65.7 Å². The van der Waals surface area contributed by atoms with Gasteiger partial charge in [0.15, 0.2) is 0 Å². The number of pyridine rings is 1. The molecule has 6 N–H and O–H groups in total. The van der Waals surface area contributed by atoms with Gasteiger partial charge in [-0.3, -0.25) is 0 Å². The number of nitrogens with zero attached hydrogens (tertiary/aromatic N) is 3. The molecule has 2 rings (SSSR count). The van der Waals surface area contributed by atoms with Crippen LogP contribution in [0.4, 0.5) is 5.82 Å². The Balaban J connectivity index is 2.62. The van der Waals surface area contributed by atoms with E-state index < -0.39 is 5.41 Å². The molecule has 0 spiro atoms. The Bertz CT molecular complexity index is 938. The highest BCUT2D eigenvalue weighted by molar-refractivity contribution is 6.32. The molecule has 6 nitrogen and oxygen atoms in total. The van der Waals surface area contributed by atoms with Gasteiger partial charge < -0.3 is 17.2 Å². The highest BCUT2D eigenvalue weighted by Crippen LogP contribution is 2.26. The summed E-state index contributed by atoms with van der Waals surface area (Å²) in [5, 5.41) is 9.33. The second kappa shape index (κ2) is 7.75. The molecule has 2 aromatic rings. The predicted molar refractivity (Wildman–Crippen MR) is 110 cm³/mol. The topological polar surface area (TPSA) is 127 Å². The maximum absolute atomic E-state index is 9.33. The van der Waals surface area contributed by atoms with Crippen LogP contribution in [0.1, 0.15) is 37.5 Å². The van der Waals surface area contributed by atoms with Crippen molar-refractivity contribution in [1.29, 1.82) is 5.26 Å². The van der Waals surface area contributed by atoms with Gasteiger partial charge >= 0.3 is 0 Å². The quantitative estimate of drug-likeness (QED) is 0.706. The molecule has 1 heterocycles. The van der Waals surface area contributed by atoms with Crippen molar-refractivity contribution in [3.05, 3.63) is 77.4 Å². The number of anilines is 1. The summed E-state index contributed by atoms with van der Waals surface area (Å²) in [5.74, 6) is 0.575. The van der Waals surface area contributed by atoms with Crippen LogP contribution in [0.3, 0.4) is 0 Å². The summed E-state index contributed by atoms with van der Waals surface area (Å²) in [6.07, 6.45) is 1.64. The molecule has 0 aliphatic carbocycles. The van der Waals surface area contributed by atoms with Crippen LogP contribution in [0.25, 0.3) is 5.57 Å². The van der Waals surface area contributed by atoms with Crippen molar-refractivity contribution < 1.29 is 0 Å². The summed E-state index contributed by atoms with van der Waals surface area (Å²) in [7, 11) is 0. The van der Waals surface area contributed by atoms with E-state index in [0.717, 1.165) is 16.7 Å². The number of benzene rings is 1. The van der Waals surface area contributed by atoms with Gasteiger partial charge in [-0.25, -0.2) is 9.98 Å². The zero-order valence-electron chi connectivity index (χ0n) is 15.8. The highest BCUT2D eigenvalue weighted by Gasteiger charge is 2.21. The summed E-state index contributed by atoms with van der Waals surface area (Å²) in [6, 6.07) is 13.4. The van der Waals surface area contributed by atoms with E-state index in [0.29, 0.717) is 22.8 Å². The monoisotopic (exact) mass is 360 g/mol. The third kappa shape index (κ3) is 4.53. The average Bonchev–Trinajstić information content (AvgIpc) is 2.62. The Kier molecular flexibility index (Phi) is 5.66. The van der Waals surface area contributed by atoms with Crippen molar-refractivity contribution in [3.8, 4) is 6.07 Å². The predicted octanol–water partition coefficient (Wildman–Crippen LogP) is 3.07. The summed E-state index contributed by atoms with van der Waals surface area (Å²) in [4.78, 5) is 8.56. The molecular weight excluding hydrogens is 336 g/mol. The van der Waals surface area contributed by atoms with Gasteiger partial charge in [-0.05, 0) is 38.5 Å². The molecule has 0 radical (unpaired) electrons. The summed E-state index contributed by atoms with van der Waals surface area (Å²) >= 11 is 0. The number of aromatic nitrogens is 1.